The SMILES string of the molecule is CN(C(=O)c1ccc(Nc2nc(-c3ccc4c(c3)CN=C4)cn3ccnc23)cc1)C1CCOCC1. The van der Waals surface area contributed by atoms with Crippen molar-refractivity contribution in [2.75, 3.05) is 25.6 Å². The first-order valence-electron chi connectivity index (χ1n) is 11.8. The molecular formula is C27H26N6O2. The molecule has 2 aliphatic heterocycles. The predicted octanol–water partition coefficient (Wildman–Crippen LogP) is 4.32. The standard InChI is InChI=1S/C27H26N6O2/c1-32(23-8-12-35-13-9-23)27(34)18-4-6-22(7-5-18)30-25-26-29-10-11-33(26)17-24(31-25)19-2-3-20-15-28-16-21(20)14-19/h2-7,10-11,14-15,17,23H,8-9,12-13,16H2,1H3,(H,30,31). The summed E-state index contributed by atoms with van der Waals surface area (Å²) in [6.45, 7) is 2.12. The third-order valence-electron chi connectivity index (χ3n) is 6.76. The van der Waals surface area contributed by atoms with Crippen molar-refractivity contribution in [2.45, 2.75) is 25.4 Å². The molecule has 0 saturated carbocycles. The van der Waals surface area contributed by atoms with Gasteiger partial charge in [0.1, 0.15) is 0 Å². The van der Waals surface area contributed by atoms with E-state index in [0.717, 1.165) is 41.0 Å². The van der Waals surface area contributed by atoms with Crippen LogP contribution >= 0.6 is 0 Å². The first kappa shape index (κ1) is 21.5. The number of anilines is 2. The third-order valence-corrected chi connectivity index (χ3v) is 6.76. The molecule has 0 bridgehead atoms. The number of nitrogens with one attached hydrogen (secondary N) is 1. The summed E-state index contributed by atoms with van der Waals surface area (Å²) < 4.78 is 7.39. The van der Waals surface area contributed by atoms with Crippen molar-refractivity contribution >= 4 is 29.3 Å². The largest absolute Gasteiger partial charge is 0.381 e. The summed E-state index contributed by atoms with van der Waals surface area (Å²) in [7, 11) is 1.88. The van der Waals surface area contributed by atoms with Crippen molar-refractivity contribution in [1.29, 1.82) is 0 Å². The number of benzene rings is 2. The van der Waals surface area contributed by atoms with Gasteiger partial charge in [-0.2, -0.15) is 0 Å². The smallest absolute Gasteiger partial charge is 0.253 e. The van der Waals surface area contributed by atoms with Crippen LogP contribution in [0.2, 0.25) is 0 Å². The number of ether oxygens (including phenoxy) is 1. The molecule has 1 amide bonds. The van der Waals surface area contributed by atoms with E-state index in [0.29, 0.717) is 31.1 Å². The number of nitrogens with zero attached hydrogens (tertiary/aromatic N) is 5. The molecule has 8 nitrogen and oxygen atoms in total. The Hall–Kier alpha value is -4.04. The van der Waals surface area contributed by atoms with Gasteiger partial charge in [-0.25, -0.2) is 9.97 Å². The number of hydrogen-bond acceptors (Lipinski definition) is 6. The van der Waals surface area contributed by atoms with E-state index in [1.54, 1.807) is 6.20 Å². The van der Waals surface area contributed by atoms with Crippen molar-refractivity contribution < 1.29 is 9.53 Å². The van der Waals surface area contributed by atoms with Gasteiger partial charge >= 0.3 is 0 Å². The van der Waals surface area contributed by atoms with Crippen molar-refractivity contribution in [1.82, 2.24) is 19.3 Å². The molecule has 176 valence electrons. The summed E-state index contributed by atoms with van der Waals surface area (Å²) in [6.07, 6.45) is 9.32. The number of carbonyl (C=O) groups is 1. The van der Waals surface area contributed by atoms with Gasteiger partial charge in [-0.3, -0.25) is 9.79 Å². The molecule has 2 aromatic carbocycles. The average Bonchev–Trinajstić information content (AvgIpc) is 3.58. The van der Waals surface area contributed by atoms with Crippen LogP contribution in [0.1, 0.15) is 34.3 Å². The van der Waals surface area contributed by atoms with Gasteiger partial charge in [0.25, 0.3) is 5.91 Å². The molecule has 6 rings (SSSR count). The molecule has 0 atom stereocenters. The number of fused-ring (bicyclic) bond motifs is 2. The summed E-state index contributed by atoms with van der Waals surface area (Å²) in [6, 6.07) is 14.0. The zero-order valence-electron chi connectivity index (χ0n) is 19.5. The van der Waals surface area contributed by atoms with Crippen LogP contribution in [-0.2, 0) is 11.3 Å². The highest BCUT2D eigenvalue weighted by Gasteiger charge is 2.23. The second kappa shape index (κ2) is 8.96. The van der Waals surface area contributed by atoms with Gasteiger partial charge in [0.05, 0.1) is 12.2 Å². The first-order chi connectivity index (χ1) is 17.2. The van der Waals surface area contributed by atoms with Crippen LogP contribution in [0.5, 0.6) is 0 Å². The average molecular weight is 467 g/mol. The molecule has 2 aromatic heterocycles. The molecular weight excluding hydrogens is 440 g/mol. The number of aromatic nitrogens is 3. The molecule has 1 saturated heterocycles. The van der Waals surface area contributed by atoms with E-state index in [9.17, 15) is 4.79 Å². The second-order valence-corrected chi connectivity index (χ2v) is 8.98. The topological polar surface area (TPSA) is 84.1 Å². The fourth-order valence-corrected chi connectivity index (χ4v) is 4.70. The van der Waals surface area contributed by atoms with Gasteiger partial charge in [0, 0.05) is 67.9 Å². The minimum Gasteiger partial charge on any atom is -0.381 e. The highest BCUT2D eigenvalue weighted by atomic mass is 16.5. The number of imidazole rings is 1. The quantitative estimate of drug-likeness (QED) is 0.474. The molecule has 1 N–H and O–H groups in total. The third kappa shape index (κ3) is 4.17. The van der Waals surface area contributed by atoms with E-state index in [4.69, 9.17) is 9.72 Å². The van der Waals surface area contributed by atoms with Crippen LogP contribution in [0.4, 0.5) is 11.5 Å². The van der Waals surface area contributed by atoms with E-state index >= 15 is 0 Å². The molecule has 0 spiro atoms. The van der Waals surface area contributed by atoms with Crippen LogP contribution < -0.4 is 5.32 Å². The lowest BCUT2D eigenvalue weighted by atomic mass is 10.0. The molecule has 0 aliphatic carbocycles. The normalized spacial score (nSPS) is 15.3. The van der Waals surface area contributed by atoms with Gasteiger partial charge in [-0.1, -0.05) is 12.1 Å². The minimum atomic E-state index is 0.0276. The zero-order valence-corrected chi connectivity index (χ0v) is 19.5. The lowest BCUT2D eigenvalue weighted by Crippen LogP contribution is -2.40. The molecule has 1 fully saturated rings. The number of hydrogen-bond donors (Lipinski definition) is 1. The van der Waals surface area contributed by atoms with Crippen LogP contribution in [0.3, 0.4) is 0 Å². The summed E-state index contributed by atoms with van der Waals surface area (Å²) in [5.74, 6) is 0.683. The molecule has 0 radical (unpaired) electrons. The molecule has 0 unspecified atom stereocenters. The number of amides is 1. The number of carbonyl (C=O) groups excluding carboxylic acids is 1. The summed E-state index contributed by atoms with van der Waals surface area (Å²) in [4.78, 5) is 28.5. The lowest BCUT2D eigenvalue weighted by molar-refractivity contribution is 0.0362. The summed E-state index contributed by atoms with van der Waals surface area (Å²) in [5.41, 5.74) is 6.48. The second-order valence-electron chi connectivity index (χ2n) is 8.98. The van der Waals surface area contributed by atoms with Crippen molar-refractivity contribution in [3.63, 3.8) is 0 Å². The summed E-state index contributed by atoms with van der Waals surface area (Å²) in [5, 5.41) is 3.39. The molecule has 4 aromatic rings. The van der Waals surface area contributed by atoms with Crippen molar-refractivity contribution in [3.8, 4) is 11.3 Å². The van der Waals surface area contributed by atoms with Crippen LogP contribution in [0.25, 0.3) is 16.9 Å². The Labute approximate surface area is 203 Å². The van der Waals surface area contributed by atoms with E-state index in [1.165, 1.54) is 5.56 Å². The zero-order chi connectivity index (χ0) is 23.8. The van der Waals surface area contributed by atoms with Crippen molar-refractivity contribution in [3.05, 3.63) is 77.7 Å². The van der Waals surface area contributed by atoms with E-state index in [-0.39, 0.29) is 11.9 Å². The van der Waals surface area contributed by atoms with Crippen molar-refractivity contribution in [2.24, 2.45) is 4.99 Å². The van der Waals surface area contributed by atoms with E-state index in [2.05, 4.69) is 33.5 Å². The Bertz CT molecular complexity index is 1420. The molecule has 35 heavy (non-hydrogen) atoms. The van der Waals surface area contributed by atoms with Gasteiger partial charge in [-0.05, 0) is 54.3 Å². The monoisotopic (exact) mass is 466 g/mol. The van der Waals surface area contributed by atoms with E-state index in [1.807, 2.05) is 59.2 Å². The Kier molecular flexibility index (Phi) is 5.50. The molecule has 4 heterocycles. The Morgan fingerprint density at radius 2 is 1.97 bits per heavy atom. The van der Waals surface area contributed by atoms with Crippen LogP contribution in [-0.4, -0.2) is 57.7 Å². The van der Waals surface area contributed by atoms with Gasteiger partial charge in [0.15, 0.2) is 11.5 Å². The lowest BCUT2D eigenvalue weighted by Gasteiger charge is -2.31. The Morgan fingerprint density at radius 1 is 1.14 bits per heavy atom. The van der Waals surface area contributed by atoms with Crippen LogP contribution in [0.15, 0.2) is 66.0 Å². The minimum absolute atomic E-state index is 0.0276. The van der Waals surface area contributed by atoms with Gasteiger partial charge in [0.2, 0.25) is 0 Å². The fourth-order valence-electron chi connectivity index (χ4n) is 4.70. The Balaban J connectivity index is 1.25. The first-order valence-corrected chi connectivity index (χ1v) is 11.8. The number of rotatable bonds is 5. The Morgan fingerprint density at radius 3 is 2.80 bits per heavy atom. The maximum atomic E-state index is 13.0. The van der Waals surface area contributed by atoms with Crippen LogP contribution in [0, 0.1) is 0 Å². The maximum absolute atomic E-state index is 13.0. The maximum Gasteiger partial charge on any atom is 0.253 e. The van der Waals surface area contributed by atoms with Gasteiger partial charge < -0.3 is 19.4 Å². The summed E-state index contributed by atoms with van der Waals surface area (Å²) >= 11 is 0. The number of aliphatic imine (C=N–C) groups is 1. The highest BCUT2D eigenvalue weighted by molar-refractivity contribution is 5.94. The van der Waals surface area contributed by atoms with E-state index < -0.39 is 0 Å². The molecule has 2 aliphatic rings. The fraction of sp³-hybridized carbons (Fsp3) is 0.259. The predicted molar refractivity (Wildman–Crippen MR) is 135 cm³/mol. The highest BCUT2D eigenvalue weighted by Crippen LogP contribution is 2.27. The van der Waals surface area contributed by atoms with Gasteiger partial charge in [-0.15, -0.1) is 0 Å². The molecule has 8 heteroatoms.